The number of benzene rings is 1. The van der Waals surface area contributed by atoms with E-state index in [0.717, 1.165) is 23.9 Å². The van der Waals surface area contributed by atoms with Gasteiger partial charge in [0.2, 0.25) is 0 Å². The Bertz CT molecular complexity index is 399. The third kappa shape index (κ3) is 3.31. The van der Waals surface area contributed by atoms with E-state index in [2.05, 4.69) is 30.9 Å². The van der Waals surface area contributed by atoms with Crippen LogP contribution in [0, 0.1) is 5.92 Å². The molecule has 3 heteroatoms. The van der Waals surface area contributed by atoms with Gasteiger partial charge in [-0.15, -0.1) is 0 Å². The molecule has 0 spiro atoms. The fraction of sp³-hybridized carbons (Fsp3) is 0.600. The second kappa shape index (κ2) is 5.51. The van der Waals surface area contributed by atoms with Gasteiger partial charge in [0.1, 0.15) is 5.75 Å². The van der Waals surface area contributed by atoms with E-state index in [1.807, 2.05) is 6.07 Å². The molecule has 0 atom stereocenters. The Morgan fingerprint density at radius 1 is 1.33 bits per heavy atom. The van der Waals surface area contributed by atoms with Crippen molar-refractivity contribution in [1.82, 2.24) is 0 Å². The van der Waals surface area contributed by atoms with Crippen molar-refractivity contribution in [2.75, 3.05) is 24.3 Å². The molecule has 0 amide bonds. The lowest BCUT2D eigenvalue weighted by Gasteiger charge is -2.26. The lowest BCUT2D eigenvalue weighted by atomic mass is 10.1. The van der Waals surface area contributed by atoms with Gasteiger partial charge in [0.15, 0.2) is 0 Å². The molecule has 100 valence electrons. The molecule has 0 bridgehead atoms. The summed E-state index contributed by atoms with van der Waals surface area (Å²) < 4.78 is 5.30. The van der Waals surface area contributed by atoms with Crippen LogP contribution >= 0.6 is 0 Å². The van der Waals surface area contributed by atoms with Gasteiger partial charge in [-0.25, -0.2) is 0 Å². The molecular formula is C15H24N2O. The summed E-state index contributed by atoms with van der Waals surface area (Å²) in [6, 6.07) is 6.72. The van der Waals surface area contributed by atoms with Crippen molar-refractivity contribution in [2.45, 2.75) is 39.2 Å². The van der Waals surface area contributed by atoms with Gasteiger partial charge in [-0.05, 0) is 31.2 Å². The topological polar surface area (TPSA) is 38.5 Å². The molecule has 2 rings (SSSR count). The second-order valence-electron chi connectivity index (χ2n) is 5.57. The highest BCUT2D eigenvalue weighted by Gasteiger charge is 2.29. The van der Waals surface area contributed by atoms with E-state index in [1.165, 1.54) is 24.9 Å². The number of methoxy groups -OCH3 is 1. The van der Waals surface area contributed by atoms with Crippen molar-refractivity contribution >= 4 is 11.4 Å². The van der Waals surface area contributed by atoms with Crippen LogP contribution in [0.15, 0.2) is 18.2 Å². The normalized spacial score (nSPS) is 14.9. The summed E-state index contributed by atoms with van der Waals surface area (Å²) in [5, 5.41) is 0. The first-order valence-electron chi connectivity index (χ1n) is 6.81. The molecule has 0 saturated heterocycles. The van der Waals surface area contributed by atoms with Crippen molar-refractivity contribution in [3.63, 3.8) is 0 Å². The van der Waals surface area contributed by atoms with E-state index in [9.17, 15) is 0 Å². The summed E-state index contributed by atoms with van der Waals surface area (Å²) in [4.78, 5) is 2.48. The number of hydrogen-bond donors (Lipinski definition) is 1. The summed E-state index contributed by atoms with van der Waals surface area (Å²) in [6.07, 6.45) is 3.82. The zero-order chi connectivity index (χ0) is 13.1. The first-order chi connectivity index (χ1) is 8.60. The van der Waals surface area contributed by atoms with Crippen molar-refractivity contribution in [2.24, 2.45) is 5.92 Å². The van der Waals surface area contributed by atoms with Crippen LogP contribution in [0.2, 0.25) is 0 Å². The average Bonchev–Trinajstić information content (AvgIpc) is 3.12. The van der Waals surface area contributed by atoms with Crippen LogP contribution < -0.4 is 15.4 Å². The standard InChI is InChI=1S/C15H24N2O/c1-11(2)6-7-17(13-4-5-13)14-8-12(16)9-15(10-14)18-3/h8-11,13H,4-7,16H2,1-3H3. The van der Waals surface area contributed by atoms with Crippen molar-refractivity contribution in [3.05, 3.63) is 18.2 Å². The average molecular weight is 248 g/mol. The highest BCUT2D eigenvalue weighted by atomic mass is 16.5. The lowest BCUT2D eigenvalue weighted by molar-refractivity contribution is 0.415. The molecule has 0 heterocycles. The minimum Gasteiger partial charge on any atom is -0.497 e. The maximum atomic E-state index is 5.94. The zero-order valence-electron chi connectivity index (χ0n) is 11.6. The lowest BCUT2D eigenvalue weighted by Crippen LogP contribution is -2.27. The molecule has 0 aromatic heterocycles. The van der Waals surface area contributed by atoms with E-state index in [-0.39, 0.29) is 0 Å². The zero-order valence-corrected chi connectivity index (χ0v) is 11.6. The molecule has 1 aromatic carbocycles. The number of nitrogens with zero attached hydrogens (tertiary/aromatic N) is 1. The van der Waals surface area contributed by atoms with E-state index < -0.39 is 0 Å². The van der Waals surface area contributed by atoms with Gasteiger partial charge >= 0.3 is 0 Å². The van der Waals surface area contributed by atoms with Crippen LogP contribution in [-0.2, 0) is 0 Å². The molecule has 1 saturated carbocycles. The van der Waals surface area contributed by atoms with Crippen molar-refractivity contribution in [3.8, 4) is 5.75 Å². The Hall–Kier alpha value is -1.38. The van der Waals surface area contributed by atoms with Gasteiger partial charge in [-0.1, -0.05) is 13.8 Å². The van der Waals surface area contributed by atoms with Crippen molar-refractivity contribution < 1.29 is 4.74 Å². The van der Waals surface area contributed by atoms with Gasteiger partial charge < -0.3 is 15.4 Å². The van der Waals surface area contributed by atoms with Gasteiger partial charge in [-0.3, -0.25) is 0 Å². The molecule has 0 unspecified atom stereocenters. The molecule has 1 aliphatic rings. The number of hydrogen-bond acceptors (Lipinski definition) is 3. The molecule has 3 nitrogen and oxygen atoms in total. The van der Waals surface area contributed by atoms with Crippen LogP contribution in [0.3, 0.4) is 0 Å². The number of anilines is 2. The Balaban J connectivity index is 2.16. The largest absolute Gasteiger partial charge is 0.497 e. The fourth-order valence-corrected chi connectivity index (χ4v) is 2.20. The van der Waals surface area contributed by atoms with Crippen LogP contribution in [0.25, 0.3) is 0 Å². The smallest absolute Gasteiger partial charge is 0.122 e. The van der Waals surface area contributed by atoms with E-state index in [4.69, 9.17) is 10.5 Å². The van der Waals surface area contributed by atoms with Crippen LogP contribution in [0.4, 0.5) is 11.4 Å². The Morgan fingerprint density at radius 2 is 2.06 bits per heavy atom. The molecule has 1 aromatic rings. The SMILES string of the molecule is COc1cc(N)cc(N(CCC(C)C)C2CC2)c1. The molecule has 1 fully saturated rings. The first-order valence-corrected chi connectivity index (χ1v) is 6.81. The summed E-state index contributed by atoms with van der Waals surface area (Å²) in [7, 11) is 1.69. The maximum Gasteiger partial charge on any atom is 0.122 e. The van der Waals surface area contributed by atoms with Crippen LogP contribution in [0.1, 0.15) is 33.1 Å². The second-order valence-corrected chi connectivity index (χ2v) is 5.57. The number of ether oxygens (including phenoxy) is 1. The first kappa shape index (κ1) is 13.1. The monoisotopic (exact) mass is 248 g/mol. The van der Waals surface area contributed by atoms with E-state index in [0.29, 0.717) is 6.04 Å². The number of nitrogens with two attached hydrogens (primary N) is 1. The molecule has 2 N–H and O–H groups in total. The quantitative estimate of drug-likeness (QED) is 0.785. The van der Waals surface area contributed by atoms with Crippen LogP contribution in [-0.4, -0.2) is 19.7 Å². The third-order valence-electron chi connectivity index (χ3n) is 3.42. The molecular weight excluding hydrogens is 224 g/mol. The fourth-order valence-electron chi connectivity index (χ4n) is 2.20. The summed E-state index contributed by atoms with van der Waals surface area (Å²) in [5.41, 5.74) is 7.92. The van der Waals surface area contributed by atoms with Gasteiger partial charge in [0, 0.05) is 36.1 Å². The van der Waals surface area contributed by atoms with E-state index >= 15 is 0 Å². The Morgan fingerprint density at radius 3 is 2.61 bits per heavy atom. The minimum absolute atomic E-state index is 0.704. The van der Waals surface area contributed by atoms with Gasteiger partial charge in [-0.2, -0.15) is 0 Å². The van der Waals surface area contributed by atoms with Gasteiger partial charge in [0.25, 0.3) is 0 Å². The highest BCUT2D eigenvalue weighted by molar-refractivity contribution is 5.61. The predicted octanol–water partition coefficient (Wildman–Crippen LogP) is 3.29. The third-order valence-corrected chi connectivity index (χ3v) is 3.42. The maximum absolute atomic E-state index is 5.94. The minimum atomic E-state index is 0.704. The Labute approximate surface area is 110 Å². The molecule has 1 aliphatic carbocycles. The van der Waals surface area contributed by atoms with Crippen LogP contribution in [0.5, 0.6) is 5.75 Å². The van der Waals surface area contributed by atoms with Crippen molar-refractivity contribution in [1.29, 1.82) is 0 Å². The predicted molar refractivity (Wildman–Crippen MR) is 77.2 cm³/mol. The molecule has 18 heavy (non-hydrogen) atoms. The highest BCUT2D eigenvalue weighted by Crippen LogP contribution is 2.35. The van der Waals surface area contributed by atoms with Gasteiger partial charge in [0.05, 0.1) is 7.11 Å². The van der Waals surface area contributed by atoms with E-state index in [1.54, 1.807) is 7.11 Å². The molecule has 0 aliphatic heterocycles. The Kier molecular flexibility index (Phi) is 4.00. The summed E-state index contributed by atoms with van der Waals surface area (Å²) in [6.45, 7) is 5.64. The summed E-state index contributed by atoms with van der Waals surface area (Å²) >= 11 is 0. The summed E-state index contributed by atoms with van der Waals surface area (Å²) in [5.74, 6) is 1.58. The number of nitrogen functional groups attached to an aromatic ring is 1. The number of rotatable bonds is 6. The molecule has 0 radical (unpaired) electrons.